The molecule has 0 aliphatic carbocycles. The number of halogens is 2. The van der Waals surface area contributed by atoms with Crippen molar-refractivity contribution < 1.29 is 9.90 Å². The highest BCUT2D eigenvalue weighted by Gasteiger charge is 2.41. The first-order chi connectivity index (χ1) is 11.8. The predicted molar refractivity (Wildman–Crippen MR) is 96.6 cm³/mol. The molecule has 1 aromatic heterocycles. The molecule has 0 atom stereocenters. The summed E-state index contributed by atoms with van der Waals surface area (Å²) in [6.45, 7) is 0.578. The summed E-state index contributed by atoms with van der Waals surface area (Å²) < 4.78 is 0. The Kier molecular flexibility index (Phi) is 4.46. The molecule has 3 rings (SSSR count). The molecule has 0 radical (unpaired) electrons. The van der Waals surface area contributed by atoms with Gasteiger partial charge in [-0.25, -0.2) is 4.98 Å². The molecule has 7 N–H and O–H groups in total. The number of rotatable bonds is 4. The molecule has 1 saturated heterocycles. The molecular weight excluding hydrogens is 367 g/mol. The summed E-state index contributed by atoms with van der Waals surface area (Å²) in [5.74, 6) is -0.562. The molecule has 132 valence electrons. The van der Waals surface area contributed by atoms with E-state index in [1.165, 1.54) is 0 Å². The van der Waals surface area contributed by atoms with E-state index in [4.69, 9.17) is 40.4 Å². The minimum absolute atomic E-state index is 0.0335. The molecule has 2 heterocycles. The lowest BCUT2D eigenvalue weighted by Crippen LogP contribution is -2.66. The van der Waals surface area contributed by atoms with E-state index in [0.717, 1.165) is 0 Å². The maximum Gasteiger partial charge on any atom is 0.268 e. The fourth-order valence-electron chi connectivity index (χ4n) is 2.68. The Morgan fingerprint density at radius 1 is 1.32 bits per heavy atom. The van der Waals surface area contributed by atoms with Crippen LogP contribution in [-0.2, 0) is 0 Å². The standard InChI is InChI=1S/C15H16Cl2N6O2/c16-8-3-1-2-7(10(8)17)9-11(13(20)24)21-14(22-12(9)19)23-5-15(25,4-18)6-23/h1-3,25H,4-6,18H2,(H2,20,24)(H2,19,21,22). The molecule has 2 aromatic rings. The Morgan fingerprint density at radius 3 is 2.60 bits per heavy atom. The molecule has 1 fully saturated rings. The van der Waals surface area contributed by atoms with Gasteiger partial charge in [-0.05, 0) is 6.07 Å². The average molecular weight is 383 g/mol. The fourth-order valence-corrected chi connectivity index (χ4v) is 3.08. The first kappa shape index (κ1) is 17.7. The number of β-amino-alcohol motifs (C(OH)–C–C–N with tert-alkyl or cyclic N) is 1. The largest absolute Gasteiger partial charge is 0.385 e. The molecule has 1 aliphatic rings. The Balaban J connectivity index is 2.09. The van der Waals surface area contributed by atoms with Crippen LogP contribution in [0.5, 0.6) is 0 Å². The number of primary amides is 1. The van der Waals surface area contributed by atoms with Crippen molar-refractivity contribution in [1.29, 1.82) is 0 Å². The van der Waals surface area contributed by atoms with Gasteiger partial charge in [-0.1, -0.05) is 35.3 Å². The van der Waals surface area contributed by atoms with Crippen molar-refractivity contribution in [2.45, 2.75) is 5.60 Å². The molecule has 1 amide bonds. The van der Waals surface area contributed by atoms with Gasteiger partial charge >= 0.3 is 0 Å². The van der Waals surface area contributed by atoms with E-state index < -0.39 is 11.5 Å². The summed E-state index contributed by atoms with van der Waals surface area (Å²) in [6.07, 6.45) is 0. The molecule has 10 heteroatoms. The molecule has 8 nitrogen and oxygen atoms in total. The summed E-state index contributed by atoms with van der Waals surface area (Å²) >= 11 is 12.3. The van der Waals surface area contributed by atoms with Gasteiger partial charge in [0.2, 0.25) is 5.95 Å². The molecule has 0 bridgehead atoms. The van der Waals surface area contributed by atoms with Crippen LogP contribution in [-0.4, -0.2) is 46.2 Å². The number of anilines is 2. The van der Waals surface area contributed by atoms with E-state index in [1.54, 1.807) is 23.1 Å². The number of hydrogen-bond acceptors (Lipinski definition) is 7. The Labute approximate surface area is 153 Å². The summed E-state index contributed by atoms with van der Waals surface area (Å²) in [7, 11) is 0. The first-order valence-corrected chi connectivity index (χ1v) is 8.10. The van der Waals surface area contributed by atoms with E-state index >= 15 is 0 Å². The third-order valence-electron chi connectivity index (χ3n) is 4.01. The van der Waals surface area contributed by atoms with Crippen molar-refractivity contribution in [2.24, 2.45) is 11.5 Å². The van der Waals surface area contributed by atoms with Crippen molar-refractivity contribution in [3.05, 3.63) is 33.9 Å². The minimum atomic E-state index is -1.00. The highest BCUT2D eigenvalue weighted by atomic mass is 35.5. The van der Waals surface area contributed by atoms with Crippen LogP contribution in [0.4, 0.5) is 11.8 Å². The molecule has 0 saturated carbocycles. The van der Waals surface area contributed by atoms with Gasteiger partial charge < -0.3 is 27.2 Å². The quantitative estimate of drug-likeness (QED) is 0.606. The average Bonchev–Trinajstić information content (AvgIpc) is 2.54. The van der Waals surface area contributed by atoms with Crippen molar-refractivity contribution in [1.82, 2.24) is 9.97 Å². The van der Waals surface area contributed by atoms with Crippen LogP contribution in [0.3, 0.4) is 0 Å². The second-order valence-corrected chi connectivity index (χ2v) is 6.67. The Morgan fingerprint density at radius 2 is 2.00 bits per heavy atom. The number of benzene rings is 1. The zero-order valence-electron chi connectivity index (χ0n) is 13.0. The number of aromatic nitrogens is 2. The summed E-state index contributed by atoms with van der Waals surface area (Å²) in [6, 6.07) is 4.92. The number of nitrogens with two attached hydrogens (primary N) is 3. The second kappa shape index (κ2) is 6.30. The van der Waals surface area contributed by atoms with Gasteiger partial charge in [-0.3, -0.25) is 4.79 Å². The van der Waals surface area contributed by atoms with Crippen LogP contribution in [0.15, 0.2) is 18.2 Å². The monoisotopic (exact) mass is 382 g/mol. The van der Waals surface area contributed by atoms with Gasteiger partial charge in [0.1, 0.15) is 17.1 Å². The number of hydrogen-bond donors (Lipinski definition) is 4. The summed E-state index contributed by atoms with van der Waals surface area (Å²) in [5, 5.41) is 10.5. The minimum Gasteiger partial charge on any atom is -0.385 e. The number of amides is 1. The maximum absolute atomic E-state index is 11.9. The van der Waals surface area contributed by atoms with E-state index in [2.05, 4.69) is 9.97 Å². The van der Waals surface area contributed by atoms with E-state index in [-0.39, 0.29) is 47.7 Å². The normalized spacial score (nSPS) is 15.8. The smallest absolute Gasteiger partial charge is 0.268 e. The predicted octanol–water partition coefficient (Wildman–Crippen LogP) is 0.641. The Bertz CT molecular complexity index is 854. The third-order valence-corrected chi connectivity index (χ3v) is 4.83. The summed E-state index contributed by atoms with van der Waals surface area (Å²) in [5.41, 5.74) is 16.6. The van der Waals surface area contributed by atoms with Gasteiger partial charge in [-0.2, -0.15) is 4.98 Å². The zero-order valence-corrected chi connectivity index (χ0v) is 14.6. The number of aliphatic hydroxyl groups is 1. The van der Waals surface area contributed by atoms with Crippen LogP contribution in [0.2, 0.25) is 10.0 Å². The van der Waals surface area contributed by atoms with Gasteiger partial charge in [-0.15, -0.1) is 0 Å². The van der Waals surface area contributed by atoms with E-state index in [9.17, 15) is 9.90 Å². The van der Waals surface area contributed by atoms with Crippen LogP contribution in [0.1, 0.15) is 10.5 Å². The van der Waals surface area contributed by atoms with Gasteiger partial charge in [0.25, 0.3) is 5.91 Å². The van der Waals surface area contributed by atoms with Crippen molar-refractivity contribution >= 4 is 40.9 Å². The van der Waals surface area contributed by atoms with Crippen molar-refractivity contribution in [3.63, 3.8) is 0 Å². The van der Waals surface area contributed by atoms with Crippen molar-refractivity contribution in [2.75, 3.05) is 30.3 Å². The SMILES string of the molecule is NCC1(O)CN(c2nc(N)c(-c3cccc(Cl)c3Cl)c(C(N)=O)n2)C1. The van der Waals surface area contributed by atoms with E-state index in [0.29, 0.717) is 10.6 Å². The van der Waals surface area contributed by atoms with Crippen LogP contribution >= 0.6 is 23.2 Å². The second-order valence-electron chi connectivity index (χ2n) is 5.88. The fraction of sp³-hybridized carbons (Fsp3) is 0.267. The lowest BCUT2D eigenvalue weighted by atomic mass is 9.95. The topological polar surface area (TPSA) is 144 Å². The van der Waals surface area contributed by atoms with E-state index in [1.807, 2.05) is 0 Å². The van der Waals surface area contributed by atoms with Crippen molar-refractivity contribution in [3.8, 4) is 11.1 Å². The molecule has 0 unspecified atom stereocenters. The van der Waals surface area contributed by atoms with Gasteiger partial charge in [0.15, 0.2) is 0 Å². The number of carbonyl (C=O) groups is 1. The number of nitrogen functional groups attached to an aromatic ring is 1. The Hall–Kier alpha value is -2.13. The molecular formula is C15H16Cl2N6O2. The lowest BCUT2D eigenvalue weighted by Gasteiger charge is -2.45. The maximum atomic E-state index is 11.9. The number of nitrogens with zero attached hydrogens (tertiary/aromatic N) is 3. The lowest BCUT2D eigenvalue weighted by molar-refractivity contribution is 0.0199. The van der Waals surface area contributed by atoms with Crippen LogP contribution in [0.25, 0.3) is 11.1 Å². The van der Waals surface area contributed by atoms with Crippen LogP contribution in [0, 0.1) is 0 Å². The third kappa shape index (κ3) is 3.09. The van der Waals surface area contributed by atoms with Crippen LogP contribution < -0.4 is 22.1 Å². The molecule has 25 heavy (non-hydrogen) atoms. The van der Waals surface area contributed by atoms with Gasteiger partial charge in [0, 0.05) is 12.1 Å². The first-order valence-electron chi connectivity index (χ1n) is 7.35. The van der Waals surface area contributed by atoms with Gasteiger partial charge in [0.05, 0.1) is 28.7 Å². The molecule has 1 aliphatic heterocycles. The summed E-state index contributed by atoms with van der Waals surface area (Å²) in [4.78, 5) is 22.0. The highest BCUT2D eigenvalue weighted by Crippen LogP contribution is 2.38. The molecule has 0 spiro atoms. The molecule has 1 aromatic carbocycles. The zero-order chi connectivity index (χ0) is 18.4. The highest BCUT2D eigenvalue weighted by molar-refractivity contribution is 6.44. The number of carbonyl (C=O) groups excluding carboxylic acids is 1.